The molecule has 0 spiro atoms. The number of sulfonamides is 1. The fraction of sp³-hybridized carbons (Fsp3) is 0.269. The maximum atomic E-state index is 13.4. The van der Waals surface area contributed by atoms with Gasteiger partial charge in [-0.1, -0.05) is 54.1 Å². The molecule has 1 aliphatic rings. The van der Waals surface area contributed by atoms with Crippen molar-refractivity contribution in [2.45, 2.75) is 36.7 Å². The van der Waals surface area contributed by atoms with Crippen LogP contribution in [0.4, 0.5) is 0 Å². The lowest BCUT2D eigenvalue weighted by molar-refractivity contribution is 0.0736. The monoisotopic (exact) mass is 498 g/mol. The minimum absolute atomic E-state index is 0.0338. The fourth-order valence-corrected chi connectivity index (χ4v) is 5.79. The van der Waals surface area contributed by atoms with Gasteiger partial charge in [0.1, 0.15) is 10.6 Å². The van der Waals surface area contributed by atoms with Crippen LogP contribution in [0.3, 0.4) is 0 Å². The topological polar surface area (TPSA) is 75.7 Å². The quantitative estimate of drug-likeness (QED) is 0.489. The van der Waals surface area contributed by atoms with Crippen molar-refractivity contribution in [2.75, 3.05) is 13.7 Å². The number of nitrogens with zero attached hydrogens (tertiary/aromatic N) is 1. The second-order valence-electron chi connectivity index (χ2n) is 8.31. The van der Waals surface area contributed by atoms with Crippen molar-refractivity contribution in [3.63, 3.8) is 0 Å². The molecular formula is C26H27ClN2O4S. The van der Waals surface area contributed by atoms with E-state index in [-0.39, 0.29) is 28.4 Å². The van der Waals surface area contributed by atoms with Gasteiger partial charge in [-0.3, -0.25) is 4.79 Å². The molecule has 1 N–H and O–H groups in total. The zero-order valence-corrected chi connectivity index (χ0v) is 20.5. The summed E-state index contributed by atoms with van der Waals surface area (Å²) in [5, 5.41) is 0.0754. The predicted molar refractivity (Wildman–Crippen MR) is 133 cm³/mol. The summed E-state index contributed by atoms with van der Waals surface area (Å²) in [5.41, 5.74) is 2.22. The van der Waals surface area contributed by atoms with Gasteiger partial charge in [0, 0.05) is 24.7 Å². The summed E-state index contributed by atoms with van der Waals surface area (Å²) >= 11 is 6.24. The van der Waals surface area contributed by atoms with E-state index < -0.39 is 10.0 Å². The number of amides is 1. The van der Waals surface area contributed by atoms with Crippen LogP contribution in [-0.4, -0.2) is 38.9 Å². The van der Waals surface area contributed by atoms with E-state index in [9.17, 15) is 13.2 Å². The normalized spacial score (nSPS) is 15.9. The highest BCUT2D eigenvalue weighted by atomic mass is 35.5. The fourth-order valence-electron chi connectivity index (χ4n) is 4.25. The largest absolute Gasteiger partial charge is 0.497 e. The second kappa shape index (κ2) is 10.6. The second-order valence-corrected chi connectivity index (χ2v) is 10.4. The number of carbonyl (C=O) groups is 1. The molecular weight excluding hydrogens is 472 g/mol. The van der Waals surface area contributed by atoms with E-state index in [4.69, 9.17) is 16.3 Å². The highest BCUT2D eigenvalue weighted by molar-refractivity contribution is 7.89. The molecule has 1 unspecified atom stereocenters. The third-order valence-corrected chi connectivity index (χ3v) is 7.90. The summed E-state index contributed by atoms with van der Waals surface area (Å²) in [7, 11) is -2.27. The van der Waals surface area contributed by atoms with Gasteiger partial charge in [0.15, 0.2) is 0 Å². The van der Waals surface area contributed by atoms with Crippen LogP contribution < -0.4 is 9.46 Å². The molecule has 1 amide bonds. The average Bonchev–Trinajstić information content (AvgIpc) is 3.31. The summed E-state index contributed by atoms with van der Waals surface area (Å²) in [6.07, 6.45) is 2.50. The minimum Gasteiger partial charge on any atom is -0.497 e. The molecule has 0 aromatic heterocycles. The Balaban J connectivity index is 1.52. The summed E-state index contributed by atoms with van der Waals surface area (Å²) in [6.45, 7) is 0.761. The van der Waals surface area contributed by atoms with E-state index in [0.29, 0.717) is 18.5 Å². The number of benzene rings is 3. The van der Waals surface area contributed by atoms with Gasteiger partial charge in [-0.2, -0.15) is 0 Å². The van der Waals surface area contributed by atoms with Crippen LogP contribution in [0.25, 0.3) is 0 Å². The maximum absolute atomic E-state index is 13.4. The molecule has 1 saturated heterocycles. The van der Waals surface area contributed by atoms with Gasteiger partial charge in [-0.25, -0.2) is 13.1 Å². The Morgan fingerprint density at radius 1 is 1.06 bits per heavy atom. The molecule has 34 heavy (non-hydrogen) atoms. The third kappa shape index (κ3) is 5.60. The first-order chi connectivity index (χ1) is 16.4. The highest BCUT2D eigenvalue weighted by Crippen LogP contribution is 2.28. The Labute approximate surface area is 205 Å². The van der Waals surface area contributed by atoms with Gasteiger partial charge in [-0.05, 0) is 60.7 Å². The van der Waals surface area contributed by atoms with Gasteiger partial charge in [0.05, 0.1) is 12.1 Å². The highest BCUT2D eigenvalue weighted by Gasteiger charge is 2.30. The van der Waals surface area contributed by atoms with Gasteiger partial charge < -0.3 is 9.64 Å². The van der Waals surface area contributed by atoms with E-state index in [0.717, 1.165) is 29.7 Å². The molecule has 1 aliphatic heterocycles. The molecule has 3 aromatic rings. The number of methoxy groups -OCH3 is 1. The Hall–Kier alpha value is -2.87. The summed E-state index contributed by atoms with van der Waals surface area (Å²) in [5.74, 6) is 0.588. The Bertz CT molecular complexity index is 1260. The summed E-state index contributed by atoms with van der Waals surface area (Å²) in [6, 6.07) is 21.5. The van der Waals surface area contributed by atoms with Crippen LogP contribution in [0.2, 0.25) is 5.02 Å². The van der Waals surface area contributed by atoms with Crippen LogP contribution >= 0.6 is 11.6 Å². The molecule has 0 aliphatic carbocycles. The van der Waals surface area contributed by atoms with E-state index >= 15 is 0 Å². The molecule has 3 aromatic carbocycles. The van der Waals surface area contributed by atoms with Crippen LogP contribution in [0, 0.1) is 0 Å². The molecule has 4 rings (SSSR count). The number of nitrogens with one attached hydrogen (secondary N) is 1. The minimum atomic E-state index is -3.91. The molecule has 0 bridgehead atoms. The first-order valence-electron chi connectivity index (χ1n) is 11.1. The average molecular weight is 499 g/mol. The van der Waals surface area contributed by atoms with Gasteiger partial charge >= 0.3 is 0 Å². The lowest BCUT2D eigenvalue weighted by atomic mass is 10.0. The van der Waals surface area contributed by atoms with Crippen LogP contribution in [-0.2, 0) is 23.0 Å². The third-order valence-electron chi connectivity index (χ3n) is 6.02. The van der Waals surface area contributed by atoms with Crippen molar-refractivity contribution in [3.8, 4) is 5.75 Å². The number of hydrogen-bond acceptors (Lipinski definition) is 4. The van der Waals surface area contributed by atoms with Gasteiger partial charge in [0.2, 0.25) is 10.0 Å². The Kier molecular flexibility index (Phi) is 7.56. The van der Waals surface area contributed by atoms with E-state index in [1.165, 1.54) is 12.1 Å². The molecule has 1 heterocycles. The van der Waals surface area contributed by atoms with Crippen molar-refractivity contribution in [1.29, 1.82) is 0 Å². The van der Waals surface area contributed by atoms with Gasteiger partial charge in [-0.15, -0.1) is 0 Å². The van der Waals surface area contributed by atoms with Crippen LogP contribution in [0.5, 0.6) is 5.75 Å². The van der Waals surface area contributed by atoms with E-state index in [1.54, 1.807) is 13.2 Å². The molecule has 8 heteroatoms. The lowest BCUT2D eigenvalue weighted by Gasteiger charge is -2.25. The molecule has 0 radical (unpaired) electrons. The Morgan fingerprint density at radius 3 is 2.59 bits per heavy atom. The number of carbonyl (C=O) groups excluding carboxylic acids is 1. The maximum Gasteiger partial charge on any atom is 0.254 e. The summed E-state index contributed by atoms with van der Waals surface area (Å²) < 4.78 is 33.8. The number of rotatable bonds is 8. The number of ether oxygens (including phenoxy) is 1. The SMILES string of the molecule is COc1cccc(CC2CCCN2C(=O)c2ccc(Cl)c(S(=O)(=O)NCc3ccccc3)c2)c1. The molecule has 178 valence electrons. The van der Waals surface area contributed by atoms with Crippen molar-refractivity contribution in [3.05, 3.63) is 94.5 Å². The standard InChI is InChI=1S/C26H27ClN2O4S/c1-33-23-11-5-9-20(16-23)15-22-10-6-14-29(22)26(30)21-12-13-24(27)25(17-21)34(31,32)28-18-19-7-3-2-4-8-19/h2-5,7-9,11-13,16-17,22,28H,6,10,14-15,18H2,1H3. The van der Waals surface area contributed by atoms with Crippen LogP contribution in [0.1, 0.15) is 34.3 Å². The molecule has 0 saturated carbocycles. The zero-order chi connectivity index (χ0) is 24.1. The van der Waals surface area contributed by atoms with Crippen molar-refractivity contribution in [2.24, 2.45) is 0 Å². The predicted octanol–water partition coefficient (Wildman–Crippen LogP) is 4.67. The van der Waals surface area contributed by atoms with E-state index in [2.05, 4.69) is 4.72 Å². The number of likely N-dealkylation sites (tertiary alicyclic amines) is 1. The Morgan fingerprint density at radius 2 is 1.82 bits per heavy atom. The molecule has 1 fully saturated rings. The van der Waals surface area contributed by atoms with Crippen molar-refractivity contribution >= 4 is 27.5 Å². The molecule has 6 nitrogen and oxygen atoms in total. The first kappa shape index (κ1) is 24.3. The zero-order valence-electron chi connectivity index (χ0n) is 18.9. The smallest absolute Gasteiger partial charge is 0.254 e. The van der Waals surface area contributed by atoms with Crippen molar-refractivity contribution in [1.82, 2.24) is 9.62 Å². The van der Waals surface area contributed by atoms with Gasteiger partial charge in [0.25, 0.3) is 5.91 Å². The number of hydrogen-bond donors (Lipinski definition) is 1. The van der Waals surface area contributed by atoms with Crippen LogP contribution in [0.15, 0.2) is 77.7 Å². The first-order valence-corrected chi connectivity index (χ1v) is 13.0. The lowest BCUT2D eigenvalue weighted by Crippen LogP contribution is -2.37. The van der Waals surface area contributed by atoms with E-state index in [1.807, 2.05) is 59.5 Å². The summed E-state index contributed by atoms with van der Waals surface area (Å²) in [4.78, 5) is 15.1. The van der Waals surface area contributed by atoms with Crippen molar-refractivity contribution < 1.29 is 17.9 Å². The number of halogens is 1. The molecule has 1 atom stereocenters.